The lowest BCUT2D eigenvalue weighted by Crippen LogP contribution is -2.46. The quantitative estimate of drug-likeness (QED) is 0.782. The Kier molecular flexibility index (Phi) is 5.16. The number of carboxylic acid groups (broad SMARTS) is 1. The Balaban J connectivity index is 2.78. The molecule has 0 spiro atoms. The zero-order valence-corrected chi connectivity index (χ0v) is 10.3. The second-order valence-corrected chi connectivity index (χ2v) is 4.74. The van der Waals surface area contributed by atoms with Gasteiger partial charge in [-0.3, -0.25) is 9.59 Å². The normalized spacial score (nSPS) is 23.4. The van der Waals surface area contributed by atoms with Gasteiger partial charge in [-0.1, -0.05) is 6.42 Å². The Morgan fingerprint density at radius 2 is 1.95 bits per heavy atom. The third kappa shape index (κ3) is 4.70. The van der Waals surface area contributed by atoms with E-state index in [4.69, 9.17) is 10.8 Å². The van der Waals surface area contributed by atoms with Gasteiger partial charge in [0.05, 0.1) is 0 Å². The van der Waals surface area contributed by atoms with Crippen molar-refractivity contribution < 1.29 is 27.9 Å². The molecule has 1 aliphatic rings. The molecule has 3 N–H and O–H groups in total. The molecule has 1 fully saturated rings. The molecular weight excluding hydrogens is 265 g/mol. The summed E-state index contributed by atoms with van der Waals surface area (Å²) in [5.74, 6) is -2.96. The fraction of sp³-hybridized carbons (Fsp3) is 0.818. The number of amides is 1. The number of aliphatic carboxylic acids is 1. The maximum atomic E-state index is 12.4. The highest BCUT2D eigenvalue weighted by Gasteiger charge is 2.39. The predicted octanol–water partition coefficient (Wildman–Crippen LogP) is 0.837. The van der Waals surface area contributed by atoms with Crippen molar-refractivity contribution in [3.8, 4) is 0 Å². The van der Waals surface area contributed by atoms with Crippen molar-refractivity contribution in [2.75, 3.05) is 19.6 Å². The molecule has 5 nitrogen and oxygen atoms in total. The van der Waals surface area contributed by atoms with E-state index in [0.717, 1.165) is 6.42 Å². The maximum absolute atomic E-state index is 12.4. The fourth-order valence-electron chi connectivity index (χ4n) is 2.47. The van der Waals surface area contributed by atoms with E-state index >= 15 is 0 Å². The van der Waals surface area contributed by atoms with E-state index in [-0.39, 0.29) is 12.5 Å². The number of carboxylic acids is 1. The van der Waals surface area contributed by atoms with Crippen LogP contribution in [0.1, 0.15) is 19.3 Å². The van der Waals surface area contributed by atoms with E-state index in [9.17, 15) is 22.8 Å². The highest BCUT2D eigenvalue weighted by molar-refractivity contribution is 5.83. The van der Waals surface area contributed by atoms with Crippen LogP contribution in [0.4, 0.5) is 13.2 Å². The highest BCUT2D eigenvalue weighted by Crippen LogP contribution is 2.33. The van der Waals surface area contributed by atoms with Crippen LogP contribution in [-0.4, -0.2) is 47.7 Å². The summed E-state index contributed by atoms with van der Waals surface area (Å²) >= 11 is 0. The van der Waals surface area contributed by atoms with Gasteiger partial charge in [0.25, 0.3) is 0 Å². The molecule has 19 heavy (non-hydrogen) atoms. The molecule has 0 bridgehead atoms. The molecule has 0 aromatic rings. The Hall–Kier alpha value is -1.31. The fourth-order valence-corrected chi connectivity index (χ4v) is 2.47. The van der Waals surface area contributed by atoms with Gasteiger partial charge in [0.2, 0.25) is 5.91 Å². The second kappa shape index (κ2) is 6.23. The Morgan fingerprint density at radius 1 is 1.32 bits per heavy atom. The van der Waals surface area contributed by atoms with Gasteiger partial charge >= 0.3 is 12.1 Å². The first-order chi connectivity index (χ1) is 8.74. The highest BCUT2D eigenvalue weighted by atomic mass is 19.4. The Bertz CT molecular complexity index is 347. The molecular formula is C11H17F3N2O3. The summed E-state index contributed by atoms with van der Waals surface area (Å²) in [5.41, 5.74) is 5.48. The molecule has 1 aliphatic carbocycles. The number of nitrogens with zero attached hydrogens (tertiary/aromatic N) is 1. The molecule has 8 heteroatoms. The van der Waals surface area contributed by atoms with E-state index in [1.54, 1.807) is 0 Å². The van der Waals surface area contributed by atoms with Gasteiger partial charge < -0.3 is 15.7 Å². The molecule has 1 rings (SSSR count). The van der Waals surface area contributed by atoms with E-state index < -0.39 is 37.1 Å². The topological polar surface area (TPSA) is 83.6 Å². The standard InChI is InChI=1S/C11H17F3N2O3/c12-11(13,14)6-16(5-9(17)18)10(19)8-3-1-2-7(8)4-15/h7-8H,1-6,15H2,(H,17,18). The average Bonchev–Trinajstić information content (AvgIpc) is 2.72. The number of hydrogen-bond donors (Lipinski definition) is 2. The van der Waals surface area contributed by atoms with Crippen LogP contribution in [-0.2, 0) is 9.59 Å². The van der Waals surface area contributed by atoms with Gasteiger partial charge in [0.1, 0.15) is 13.1 Å². The number of nitrogens with two attached hydrogens (primary N) is 1. The lowest BCUT2D eigenvalue weighted by molar-refractivity contribution is -0.168. The van der Waals surface area contributed by atoms with Crippen molar-refractivity contribution in [1.82, 2.24) is 4.90 Å². The van der Waals surface area contributed by atoms with Crippen LogP contribution in [0.25, 0.3) is 0 Å². The van der Waals surface area contributed by atoms with Crippen LogP contribution in [0.15, 0.2) is 0 Å². The third-order valence-electron chi connectivity index (χ3n) is 3.29. The molecule has 1 saturated carbocycles. The molecule has 0 radical (unpaired) electrons. The van der Waals surface area contributed by atoms with Gasteiger partial charge in [0.15, 0.2) is 0 Å². The zero-order valence-electron chi connectivity index (χ0n) is 10.3. The Morgan fingerprint density at radius 3 is 2.42 bits per heavy atom. The average molecular weight is 282 g/mol. The van der Waals surface area contributed by atoms with Gasteiger partial charge in [-0.25, -0.2) is 0 Å². The summed E-state index contributed by atoms with van der Waals surface area (Å²) in [4.78, 5) is 23.0. The third-order valence-corrected chi connectivity index (χ3v) is 3.29. The van der Waals surface area contributed by atoms with Crippen LogP contribution >= 0.6 is 0 Å². The van der Waals surface area contributed by atoms with Crippen molar-refractivity contribution in [3.63, 3.8) is 0 Å². The van der Waals surface area contributed by atoms with Crippen molar-refractivity contribution in [2.24, 2.45) is 17.6 Å². The molecule has 0 saturated heterocycles. The van der Waals surface area contributed by atoms with Gasteiger partial charge in [-0.2, -0.15) is 13.2 Å². The summed E-state index contributed by atoms with van der Waals surface area (Å²) in [6.07, 6.45) is -2.72. The van der Waals surface area contributed by atoms with Crippen molar-refractivity contribution in [1.29, 1.82) is 0 Å². The van der Waals surface area contributed by atoms with Crippen LogP contribution in [0.5, 0.6) is 0 Å². The van der Waals surface area contributed by atoms with Crippen LogP contribution in [0.2, 0.25) is 0 Å². The summed E-state index contributed by atoms with van der Waals surface area (Å²) < 4.78 is 37.1. The summed E-state index contributed by atoms with van der Waals surface area (Å²) in [6, 6.07) is 0. The first kappa shape index (κ1) is 15.7. The van der Waals surface area contributed by atoms with Crippen LogP contribution < -0.4 is 5.73 Å². The summed E-state index contributed by atoms with van der Waals surface area (Å²) in [6.45, 7) is -2.25. The summed E-state index contributed by atoms with van der Waals surface area (Å²) in [7, 11) is 0. The minimum atomic E-state index is -4.61. The lowest BCUT2D eigenvalue weighted by Gasteiger charge is -2.27. The Labute approximate surface area is 108 Å². The maximum Gasteiger partial charge on any atom is 0.406 e. The van der Waals surface area contributed by atoms with Gasteiger partial charge in [-0.15, -0.1) is 0 Å². The number of carbonyl (C=O) groups excluding carboxylic acids is 1. The predicted molar refractivity (Wildman–Crippen MR) is 60.2 cm³/mol. The monoisotopic (exact) mass is 282 g/mol. The molecule has 0 heterocycles. The van der Waals surface area contributed by atoms with E-state index in [1.807, 2.05) is 0 Å². The molecule has 0 aromatic carbocycles. The number of alkyl halides is 3. The van der Waals surface area contributed by atoms with Gasteiger partial charge in [0, 0.05) is 5.92 Å². The molecule has 0 aliphatic heterocycles. The summed E-state index contributed by atoms with van der Waals surface area (Å²) in [5, 5.41) is 8.61. The van der Waals surface area contributed by atoms with Crippen LogP contribution in [0.3, 0.4) is 0 Å². The first-order valence-corrected chi connectivity index (χ1v) is 6.02. The number of hydrogen-bond acceptors (Lipinski definition) is 3. The number of carbonyl (C=O) groups is 2. The largest absolute Gasteiger partial charge is 0.480 e. The van der Waals surface area contributed by atoms with Crippen molar-refractivity contribution in [3.05, 3.63) is 0 Å². The van der Waals surface area contributed by atoms with Crippen molar-refractivity contribution in [2.45, 2.75) is 25.4 Å². The number of halogens is 3. The van der Waals surface area contributed by atoms with E-state index in [2.05, 4.69) is 0 Å². The number of rotatable bonds is 5. The second-order valence-electron chi connectivity index (χ2n) is 4.74. The lowest BCUT2D eigenvalue weighted by atomic mass is 9.94. The van der Waals surface area contributed by atoms with Crippen molar-refractivity contribution >= 4 is 11.9 Å². The minimum absolute atomic E-state index is 0.156. The molecule has 2 atom stereocenters. The van der Waals surface area contributed by atoms with Crippen LogP contribution in [0, 0.1) is 11.8 Å². The first-order valence-electron chi connectivity index (χ1n) is 6.02. The van der Waals surface area contributed by atoms with E-state index in [0.29, 0.717) is 17.7 Å². The molecule has 2 unspecified atom stereocenters. The molecule has 1 amide bonds. The van der Waals surface area contributed by atoms with E-state index in [1.165, 1.54) is 0 Å². The molecule has 0 aromatic heterocycles. The SMILES string of the molecule is NCC1CCCC1C(=O)N(CC(=O)O)CC(F)(F)F. The smallest absolute Gasteiger partial charge is 0.406 e. The minimum Gasteiger partial charge on any atom is -0.480 e. The van der Waals surface area contributed by atoms with Gasteiger partial charge in [-0.05, 0) is 25.3 Å². The zero-order chi connectivity index (χ0) is 14.6. The molecule has 110 valence electrons.